The lowest BCUT2D eigenvalue weighted by Crippen LogP contribution is -2.40. The van der Waals surface area contributed by atoms with Crippen molar-refractivity contribution < 1.29 is 37.6 Å². The normalized spacial score (nSPS) is 17.6. The molecule has 0 N–H and O–H groups in total. The second-order valence-corrected chi connectivity index (χ2v) is 8.74. The Hall–Kier alpha value is -4.45. The summed E-state index contributed by atoms with van der Waals surface area (Å²) in [6, 6.07) is 16.0. The van der Waals surface area contributed by atoms with Crippen molar-refractivity contribution in [3.63, 3.8) is 0 Å². The Morgan fingerprint density at radius 3 is 2.24 bits per heavy atom. The van der Waals surface area contributed by atoms with Crippen LogP contribution < -0.4 is 23.7 Å². The Balaban J connectivity index is 1.77. The summed E-state index contributed by atoms with van der Waals surface area (Å²) < 4.78 is 49.6. The van der Waals surface area contributed by atoms with Crippen LogP contribution in [0.3, 0.4) is 0 Å². The van der Waals surface area contributed by atoms with Crippen molar-refractivity contribution in [1.29, 1.82) is 5.26 Å². The SMILES string of the molecule is COc1cc(OC)c2c(c1)O[C@H](c1ccc(OC)c(OC)c1)[C@H](OC(=O)[C@](F)(C#N)c1ccc(C)cc1)C2. The number of fused-ring (bicyclic) bond motifs is 1. The molecular formula is C29H28FNO7. The third-order valence-corrected chi connectivity index (χ3v) is 6.47. The number of aryl methyl sites for hydroxylation is 1. The van der Waals surface area contributed by atoms with E-state index < -0.39 is 23.8 Å². The highest BCUT2D eigenvalue weighted by atomic mass is 19.1. The van der Waals surface area contributed by atoms with Crippen molar-refractivity contribution in [1.82, 2.24) is 0 Å². The highest BCUT2D eigenvalue weighted by Crippen LogP contribution is 2.45. The van der Waals surface area contributed by atoms with E-state index in [9.17, 15) is 10.1 Å². The number of esters is 1. The van der Waals surface area contributed by atoms with Crippen molar-refractivity contribution in [2.75, 3.05) is 28.4 Å². The number of rotatable bonds is 8. The van der Waals surface area contributed by atoms with Gasteiger partial charge in [0.1, 0.15) is 29.4 Å². The second kappa shape index (κ2) is 10.9. The van der Waals surface area contributed by atoms with Crippen LogP contribution in [0.1, 0.15) is 28.4 Å². The van der Waals surface area contributed by atoms with Gasteiger partial charge in [-0.3, -0.25) is 0 Å². The standard InChI is InChI=1S/C29H28FNO7/c1-17-6-9-19(10-7-17)29(30,16-31)28(32)38-26-15-21-23(35-4)13-20(33-2)14-24(21)37-27(26)18-8-11-22(34-3)25(12-18)36-5/h6-14,26-27H,15H2,1-5H3/t26-,27-,29+/m1/s1. The molecule has 0 bridgehead atoms. The van der Waals surface area contributed by atoms with Gasteiger partial charge in [0.05, 0.1) is 28.4 Å². The first kappa shape index (κ1) is 26.6. The summed E-state index contributed by atoms with van der Waals surface area (Å²) >= 11 is 0. The molecule has 0 aliphatic carbocycles. The molecule has 0 amide bonds. The minimum atomic E-state index is -3.01. The molecule has 4 rings (SSSR count). The van der Waals surface area contributed by atoms with E-state index in [1.807, 2.05) is 6.92 Å². The molecule has 3 aromatic carbocycles. The van der Waals surface area contributed by atoms with Crippen LogP contribution in [-0.2, 0) is 21.6 Å². The highest BCUT2D eigenvalue weighted by Gasteiger charge is 2.46. The maximum Gasteiger partial charge on any atom is 0.364 e. The summed E-state index contributed by atoms with van der Waals surface area (Å²) in [6.45, 7) is 1.82. The van der Waals surface area contributed by atoms with Gasteiger partial charge in [0.25, 0.3) is 0 Å². The Labute approximate surface area is 220 Å². The Bertz CT molecular complexity index is 1370. The zero-order valence-corrected chi connectivity index (χ0v) is 21.7. The van der Waals surface area contributed by atoms with Gasteiger partial charge in [-0.2, -0.15) is 5.26 Å². The molecule has 1 aliphatic rings. The molecule has 9 heteroatoms. The van der Waals surface area contributed by atoms with Crippen LogP contribution in [0.15, 0.2) is 54.6 Å². The smallest absolute Gasteiger partial charge is 0.364 e. The summed E-state index contributed by atoms with van der Waals surface area (Å²) in [7, 11) is 6.03. The average Bonchev–Trinajstić information content (AvgIpc) is 2.95. The molecule has 0 saturated carbocycles. The van der Waals surface area contributed by atoms with Gasteiger partial charge >= 0.3 is 11.6 Å². The van der Waals surface area contributed by atoms with Gasteiger partial charge in [-0.1, -0.05) is 35.9 Å². The zero-order chi connectivity index (χ0) is 27.4. The molecular weight excluding hydrogens is 493 g/mol. The summed E-state index contributed by atoms with van der Waals surface area (Å²) in [5, 5.41) is 9.69. The van der Waals surface area contributed by atoms with E-state index in [-0.39, 0.29) is 12.0 Å². The summed E-state index contributed by atoms with van der Waals surface area (Å²) in [4.78, 5) is 13.2. The number of halogens is 1. The van der Waals surface area contributed by atoms with Crippen LogP contribution in [0.4, 0.5) is 4.39 Å². The fraction of sp³-hybridized carbons (Fsp3) is 0.310. The summed E-state index contributed by atoms with van der Waals surface area (Å²) in [5.74, 6) is 1.02. The molecule has 0 unspecified atom stereocenters. The number of alkyl halides is 1. The van der Waals surface area contributed by atoms with Crippen LogP contribution in [-0.4, -0.2) is 40.5 Å². The number of ether oxygens (including phenoxy) is 6. The largest absolute Gasteiger partial charge is 0.496 e. The molecule has 3 atom stereocenters. The lowest BCUT2D eigenvalue weighted by Gasteiger charge is -2.35. The van der Waals surface area contributed by atoms with Gasteiger partial charge in [0.2, 0.25) is 0 Å². The number of hydrogen-bond acceptors (Lipinski definition) is 8. The molecule has 38 heavy (non-hydrogen) atoms. The molecule has 198 valence electrons. The predicted octanol–water partition coefficient (Wildman–Crippen LogP) is 5.01. The van der Waals surface area contributed by atoms with Crippen molar-refractivity contribution >= 4 is 5.97 Å². The van der Waals surface area contributed by atoms with E-state index in [0.717, 1.165) is 5.56 Å². The molecule has 0 saturated heterocycles. The molecule has 0 spiro atoms. The highest BCUT2D eigenvalue weighted by molar-refractivity contribution is 5.85. The van der Waals surface area contributed by atoms with Crippen LogP contribution in [0.25, 0.3) is 0 Å². The predicted molar refractivity (Wildman–Crippen MR) is 136 cm³/mol. The number of methoxy groups -OCH3 is 4. The fourth-order valence-corrected chi connectivity index (χ4v) is 4.37. The second-order valence-electron chi connectivity index (χ2n) is 8.74. The van der Waals surface area contributed by atoms with Crippen LogP contribution >= 0.6 is 0 Å². The minimum absolute atomic E-state index is 0.113. The Morgan fingerprint density at radius 1 is 0.947 bits per heavy atom. The van der Waals surface area contributed by atoms with Crippen molar-refractivity contribution in [3.8, 4) is 34.8 Å². The zero-order valence-electron chi connectivity index (χ0n) is 21.7. The van der Waals surface area contributed by atoms with E-state index in [0.29, 0.717) is 39.9 Å². The van der Waals surface area contributed by atoms with Gasteiger partial charge in [-0.25, -0.2) is 9.18 Å². The maximum absolute atomic E-state index is 15.9. The molecule has 1 aliphatic heterocycles. The van der Waals surface area contributed by atoms with Gasteiger partial charge < -0.3 is 28.4 Å². The third-order valence-electron chi connectivity index (χ3n) is 6.47. The molecule has 0 radical (unpaired) electrons. The maximum atomic E-state index is 15.9. The summed E-state index contributed by atoms with van der Waals surface area (Å²) in [5.41, 5.74) is -1.07. The molecule has 1 heterocycles. The first-order chi connectivity index (χ1) is 18.3. The number of nitrogens with zero attached hydrogens (tertiary/aromatic N) is 1. The van der Waals surface area contributed by atoms with Gasteiger partial charge in [0, 0.05) is 35.2 Å². The summed E-state index contributed by atoms with van der Waals surface area (Å²) in [6.07, 6.45) is -1.75. The van der Waals surface area contributed by atoms with Crippen LogP contribution in [0.5, 0.6) is 28.7 Å². The molecule has 0 aromatic heterocycles. The first-order valence-corrected chi connectivity index (χ1v) is 11.8. The lowest BCUT2D eigenvalue weighted by molar-refractivity contribution is -0.166. The lowest BCUT2D eigenvalue weighted by atomic mass is 9.92. The molecule has 0 fully saturated rings. The number of carbonyl (C=O) groups excluding carboxylic acids is 1. The van der Waals surface area contributed by atoms with Crippen molar-refractivity contribution in [2.24, 2.45) is 0 Å². The van der Waals surface area contributed by atoms with E-state index in [4.69, 9.17) is 28.4 Å². The topological polar surface area (TPSA) is 96.2 Å². The minimum Gasteiger partial charge on any atom is -0.496 e. The number of hydrogen-bond donors (Lipinski definition) is 0. The van der Waals surface area contributed by atoms with Gasteiger partial charge in [-0.05, 0) is 19.1 Å². The number of benzene rings is 3. The molecule has 8 nitrogen and oxygen atoms in total. The third kappa shape index (κ3) is 4.90. The van der Waals surface area contributed by atoms with E-state index in [1.54, 1.807) is 42.5 Å². The number of nitriles is 1. The van der Waals surface area contributed by atoms with Crippen molar-refractivity contribution in [2.45, 2.75) is 31.2 Å². The van der Waals surface area contributed by atoms with Crippen LogP contribution in [0, 0.1) is 18.3 Å². The quantitative estimate of drug-likeness (QED) is 0.382. The Kier molecular flexibility index (Phi) is 7.62. The van der Waals surface area contributed by atoms with E-state index in [2.05, 4.69) is 0 Å². The Morgan fingerprint density at radius 2 is 1.63 bits per heavy atom. The molecule has 3 aromatic rings. The van der Waals surface area contributed by atoms with E-state index in [1.165, 1.54) is 46.6 Å². The van der Waals surface area contributed by atoms with E-state index >= 15 is 4.39 Å². The van der Waals surface area contributed by atoms with Crippen LogP contribution in [0.2, 0.25) is 0 Å². The fourth-order valence-electron chi connectivity index (χ4n) is 4.37. The average molecular weight is 522 g/mol. The van der Waals surface area contributed by atoms with Crippen molar-refractivity contribution in [3.05, 3.63) is 76.9 Å². The first-order valence-electron chi connectivity index (χ1n) is 11.8. The van der Waals surface area contributed by atoms with Gasteiger partial charge in [0.15, 0.2) is 17.6 Å². The number of carbonyl (C=O) groups is 1. The van der Waals surface area contributed by atoms with Gasteiger partial charge in [-0.15, -0.1) is 0 Å². The monoisotopic (exact) mass is 521 g/mol.